The van der Waals surface area contributed by atoms with Gasteiger partial charge in [0.05, 0.1) is 11.2 Å². The number of hydrogen-bond donors (Lipinski definition) is 1. The topological polar surface area (TPSA) is 69.7 Å². The fourth-order valence-electron chi connectivity index (χ4n) is 4.84. The molecule has 2 aliphatic heterocycles. The maximum atomic E-state index is 13.3. The summed E-state index contributed by atoms with van der Waals surface area (Å²) in [6.07, 6.45) is 4.45. The van der Waals surface area contributed by atoms with E-state index in [0.29, 0.717) is 12.1 Å². The molecule has 1 saturated heterocycles. The highest BCUT2D eigenvalue weighted by molar-refractivity contribution is 6.39. The molecule has 0 saturated carbocycles. The van der Waals surface area contributed by atoms with Gasteiger partial charge >= 0.3 is 6.03 Å². The van der Waals surface area contributed by atoms with Gasteiger partial charge in [0.1, 0.15) is 5.57 Å². The average molecular weight is 444 g/mol. The number of fused-ring (bicyclic) bond motifs is 1. The van der Waals surface area contributed by atoms with Crippen molar-refractivity contribution in [3.63, 3.8) is 0 Å². The summed E-state index contributed by atoms with van der Waals surface area (Å²) in [6.45, 7) is 11.4. The Morgan fingerprint density at radius 3 is 2.42 bits per heavy atom. The first-order valence-corrected chi connectivity index (χ1v) is 11.3. The number of carbonyl (C=O) groups is 3. The lowest BCUT2D eigenvalue weighted by Gasteiger charge is -2.42. The van der Waals surface area contributed by atoms with E-state index in [1.807, 2.05) is 37.3 Å². The van der Waals surface area contributed by atoms with Gasteiger partial charge in [0.15, 0.2) is 0 Å². The van der Waals surface area contributed by atoms with E-state index in [-0.39, 0.29) is 11.1 Å². The van der Waals surface area contributed by atoms with E-state index in [1.165, 1.54) is 0 Å². The lowest BCUT2D eigenvalue weighted by Crippen LogP contribution is -2.54. The Bertz CT molecular complexity index is 1220. The fourth-order valence-corrected chi connectivity index (χ4v) is 4.84. The van der Waals surface area contributed by atoms with Gasteiger partial charge in [-0.25, -0.2) is 9.69 Å². The third-order valence-corrected chi connectivity index (χ3v) is 6.34. The molecule has 2 aromatic rings. The molecule has 33 heavy (non-hydrogen) atoms. The van der Waals surface area contributed by atoms with E-state index < -0.39 is 17.8 Å². The monoisotopic (exact) mass is 443 g/mol. The van der Waals surface area contributed by atoms with Crippen molar-refractivity contribution in [3.8, 4) is 0 Å². The van der Waals surface area contributed by atoms with Crippen molar-refractivity contribution < 1.29 is 14.4 Å². The highest BCUT2D eigenvalue weighted by Gasteiger charge is 2.37. The van der Waals surface area contributed by atoms with Gasteiger partial charge in [-0.1, -0.05) is 37.3 Å². The van der Waals surface area contributed by atoms with Gasteiger partial charge < -0.3 is 4.90 Å². The van der Waals surface area contributed by atoms with Crippen LogP contribution in [0.25, 0.3) is 11.6 Å². The summed E-state index contributed by atoms with van der Waals surface area (Å²) in [4.78, 5) is 41.9. The van der Waals surface area contributed by atoms with Gasteiger partial charge in [0.25, 0.3) is 11.8 Å². The van der Waals surface area contributed by atoms with Crippen LogP contribution < -0.4 is 15.1 Å². The molecule has 0 radical (unpaired) electrons. The highest BCUT2D eigenvalue weighted by Crippen LogP contribution is 2.39. The molecule has 2 aromatic carbocycles. The molecule has 0 bridgehead atoms. The number of nitrogens with zero attached hydrogens (tertiary/aromatic N) is 2. The van der Waals surface area contributed by atoms with Crippen LogP contribution in [0.15, 0.2) is 54.1 Å². The van der Waals surface area contributed by atoms with Crippen molar-refractivity contribution in [2.45, 2.75) is 46.6 Å². The summed E-state index contributed by atoms with van der Waals surface area (Å²) in [6, 6.07) is 12.4. The van der Waals surface area contributed by atoms with E-state index in [2.05, 4.69) is 44.0 Å². The Balaban J connectivity index is 1.76. The number of rotatable bonds is 4. The number of likely N-dealkylation sites (N-methyl/N-ethyl adjacent to an activating group) is 1. The number of aryl methyl sites for hydroxylation is 1. The maximum absolute atomic E-state index is 13.3. The van der Waals surface area contributed by atoms with Gasteiger partial charge in [-0.3, -0.25) is 14.9 Å². The van der Waals surface area contributed by atoms with Crippen LogP contribution >= 0.6 is 0 Å². The Labute approximate surface area is 194 Å². The van der Waals surface area contributed by atoms with Gasteiger partial charge in [-0.2, -0.15) is 0 Å². The van der Waals surface area contributed by atoms with E-state index in [9.17, 15) is 14.4 Å². The van der Waals surface area contributed by atoms with Crippen molar-refractivity contribution in [2.75, 3.05) is 16.3 Å². The highest BCUT2D eigenvalue weighted by atomic mass is 16.2. The molecule has 1 N–H and O–H groups in total. The Morgan fingerprint density at radius 2 is 1.73 bits per heavy atom. The summed E-state index contributed by atoms with van der Waals surface area (Å²) in [7, 11) is 0. The normalized spacial score (nSPS) is 18.9. The number of amides is 4. The van der Waals surface area contributed by atoms with Crippen molar-refractivity contribution >= 4 is 40.9 Å². The minimum atomic E-state index is -0.729. The number of nitrogens with one attached hydrogen (secondary N) is 1. The molecule has 0 aliphatic carbocycles. The molecule has 0 unspecified atom stereocenters. The molecule has 1 fully saturated rings. The van der Waals surface area contributed by atoms with Crippen LogP contribution in [0, 0.1) is 0 Å². The minimum absolute atomic E-state index is 0.0643. The zero-order valence-electron chi connectivity index (χ0n) is 19.7. The van der Waals surface area contributed by atoms with Crippen LogP contribution in [-0.2, 0) is 16.0 Å². The minimum Gasteiger partial charge on any atom is -0.363 e. The first-order chi connectivity index (χ1) is 15.7. The fraction of sp³-hybridized carbons (Fsp3) is 0.296. The molecule has 4 rings (SSSR count). The summed E-state index contributed by atoms with van der Waals surface area (Å²) < 4.78 is 0. The summed E-state index contributed by atoms with van der Waals surface area (Å²) in [5.41, 5.74) is 5.25. The number of urea groups is 1. The van der Waals surface area contributed by atoms with Crippen LogP contribution in [-0.4, -0.2) is 29.9 Å². The lowest BCUT2D eigenvalue weighted by molar-refractivity contribution is -0.122. The summed E-state index contributed by atoms with van der Waals surface area (Å²) in [5, 5.41) is 2.32. The molecule has 2 aliphatic rings. The first-order valence-electron chi connectivity index (χ1n) is 11.3. The van der Waals surface area contributed by atoms with Crippen LogP contribution in [0.3, 0.4) is 0 Å². The zero-order chi connectivity index (χ0) is 23.9. The van der Waals surface area contributed by atoms with Gasteiger partial charge in [0.2, 0.25) is 0 Å². The van der Waals surface area contributed by atoms with Crippen LogP contribution in [0.4, 0.5) is 16.2 Å². The molecule has 6 heteroatoms. The number of carbonyl (C=O) groups excluding carboxylic acids is 3. The molecule has 0 spiro atoms. The third-order valence-electron chi connectivity index (χ3n) is 6.34. The molecular formula is C27H29N3O3. The van der Waals surface area contributed by atoms with Crippen LogP contribution in [0.2, 0.25) is 0 Å². The second-order valence-corrected chi connectivity index (χ2v) is 8.94. The number of para-hydroxylation sites is 1. The second kappa shape index (κ2) is 8.35. The zero-order valence-corrected chi connectivity index (χ0v) is 19.7. The predicted molar refractivity (Wildman–Crippen MR) is 132 cm³/mol. The molecule has 0 aromatic heterocycles. The number of allylic oxidation sites excluding steroid dienone is 1. The Kier molecular flexibility index (Phi) is 5.70. The largest absolute Gasteiger partial charge is 0.363 e. The van der Waals surface area contributed by atoms with E-state index in [1.54, 1.807) is 18.2 Å². The van der Waals surface area contributed by atoms with E-state index >= 15 is 0 Å². The van der Waals surface area contributed by atoms with Crippen molar-refractivity contribution in [3.05, 3.63) is 70.8 Å². The first kappa shape index (κ1) is 22.5. The maximum Gasteiger partial charge on any atom is 0.335 e. The van der Waals surface area contributed by atoms with Crippen LogP contribution in [0.5, 0.6) is 0 Å². The SMILES string of the molecule is CCc1ccccc1N1C(=O)NC(=O)/C(=C/c2ccc3c(c2)C(C)=CC(C)(C)N3CC)C1=O. The summed E-state index contributed by atoms with van der Waals surface area (Å²) >= 11 is 0. The number of barbiturate groups is 1. The molecule has 6 nitrogen and oxygen atoms in total. The number of hydrogen-bond acceptors (Lipinski definition) is 4. The molecule has 4 amide bonds. The lowest BCUT2D eigenvalue weighted by atomic mass is 9.88. The standard InChI is InChI=1S/C27H29N3O3/c1-6-19-10-8-9-11-22(19)30-25(32)21(24(31)28-26(30)33)15-18-12-13-23-20(14-18)17(3)16-27(4,5)29(23)7-2/h8-16H,6-7H2,1-5H3,(H,28,31,33)/b21-15-. The van der Waals surface area contributed by atoms with Gasteiger partial charge in [-0.05, 0) is 75.1 Å². The van der Waals surface area contributed by atoms with Crippen molar-refractivity contribution in [1.82, 2.24) is 5.32 Å². The molecule has 2 heterocycles. The predicted octanol–water partition coefficient (Wildman–Crippen LogP) is 4.94. The summed E-state index contributed by atoms with van der Waals surface area (Å²) in [5.74, 6) is -1.30. The third kappa shape index (κ3) is 3.86. The van der Waals surface area contributed by atoms with Gasteiger partial charge in [-0.15, -0.1) is 0 Å². The quantitative estimate of drug-likeness (QED) is 0.537. The van der Waals surface area contributed by atoms with Crippen molar-refractivity contribution in [1.29, 1.82) is 0 Å². The second-order valence-electron chi connectivity index (χ2n) is 8.94. The van der Waals surface area contributed by atoms with E-state index in [0.717, 1.165) is 39.4 Å². The Hall–Kier alpha value is -3.67. The van der Waals surface area contributed by atoms with Crippen molar-refractivity contribution in [2.24, 2.45) is 0 Å². The molecule has 170 valence electrons. The molecular weight excluding hydrogens is 414 g/mol. The number of benzene rings is 2. The Morgan fingerprint density at radius 1 is 1.00 bits per heavy atom. The average Bonchev–Trinajstić information content (AvgIpc) is 2.77. The number of imide groups is 2. The molecule has 0 atom stereocenters. The number of anilines is 2. The van der Waals surface area contributed by atoms with Gasteiger partial charge in [0, 0.05) is 17.8 Å². The van der Waals surface area contributed by atoms with E-state index in [4.69, 9.17) is 0 Å². The van der Waals surface area contributed by atoms with Crippen LogP contribution in [0.1, 0.15) is 51.3 Å². The smallest absolute Gasteiger partial charge is 0.335 e.